The topological polar surface area (TPSA) is 64.2 Å². The van der Waals surface area contributed by atoms with Crippen LogP contribution in [0.15, 0.2) is 42.5 Å². The lowest BCUT2D eigenvalue weighted by Gasteiger charge is -2.08. The van der Waals surface area contributed by atoms with Crippen LogP contribution in [-0.2, 0) is 4.74 Å². The number of para-hydroxylation sites is 1. The Morgan fingerprint density at radius 3 is 2.78 bits per heavy atom. The van der Waals surface area contributed by atoms with E-state index in [1.54, 1.807) is 24.3 Å². The van der Waals surface area contributed by atoms with Gasteiger partial charge in [0.15, 0.2) is 5.69 Å². The molecule has 1 heterocycles. The first kappa shape index (κ1) is 15.6. The summed E-state index contributed by atoms with van der Waals surface area (Å²) in [5, 5.41) is 8.42. The molecule has 23 heavy (non-hydrogen) atoms. The highest BCUT2D eigenvalue weighted by atomic mass is 35.5. The maximum atomic E-state index is 12.0. The van der Waals surface area contributed by atoms with Gasteiger partial charge in [-0.3, -0.25) is 5.10 Å². The molecule has 0 saturated heterocycles. The van der Waals surface area contributed by atoms with Gasteiger partial charge in [-0.05, 0) is 24.3 Å². The summed E-state index contributed by atoms with van der Waals surface area (Å²) in [4.78, 5) is 12.0. The minimum absolute atomic E-state index is 0.0823. The zero-order valence-electron chi connectivity index (χ0n) is 11.9. The van der Waals surface area contributed by atoms with Crippen LogP contribution < -0.4 is 4.74 Å². The molecule has 0 bridgehead atoms. The maximum absolute atomic E-state index is 12.0. The Bertz CT molecular complexity index is 848. The van der Waals surface area contributed by atoms with Gasteiger partial charge in [0.1, 0.15) is 19.0 Å². The zero-order valence-corrected chi connectivity index (χ0v) is 13.4. The fraction of sp³-hybridized carbons (Fsp3) is 0.125. The van der Waals surface area contributed by atoms with Crippen molar-refractivity contribution in [2.45, 2.75) is 0 Å². The van der Waals surface area contributed by atoms with Crippen LogP contribution in [0.4, 0.5) is 0 Å². The number of fused-ring (bicyclic) bond motifs is 1. The summed E-state index contributed by atoms with van der Waals surface area (Å²) in [5.41, 5.74) is 1.04. The van der Waals surface area contributed by atoms with Crippen molar-refractivity contribution in [3.8, 4) is 5.75 Å². The van der Waals surface area contributed by atoms with Gasteiger partial charge in [0.25, 0.3) is 0 Å². The molecule has 0 amide bonds. The van der Waals surface area contributed by atoms with Crippen LogP contribution in [0.1, 0.15) is 10.5 Å². The van der Waals surface area contributed by atoms with Gasteiger partial charge in [-0.25, -0.2) is 4.79 Å². The summed E-state index contributed by atoms with van der Waals surface area (Å²) in [7, 11) is 0. The number of aromatic amines is 1. The SMILES string of the molecule is O=C(OCCOc1ccc(Cl)cc1Cl)c1n[nH]c2ccccc12. The van der Waals surface area contributed by atoms with E-state index in [1.165, 1.54) is 0 Å². The summed E-state index contributed by atoms with van der Waals surface area (Å²) in [5.74, 6) is -0.0226. The minimum Gasteiger partial charge on any atom is -0.488 e. The number of H-pyrrole nitrogens is 1. The number of hydrogen-bond acceptors (Lipinski definition) is 4. The second-order valence-corrected chi connectivity index (χ2v) is 5.52. The average Bonchev–Trinajstić information content (AvgIpc) is 2.97. The van der Waals surface area contributed by atoms with E-state index >= 15 is 0 Å². The number of carbonyl (C=O) groups excluding carboxylic acids is 1. The van der Waals surface area contributed by atoms with E-state index in [9.17, 15) is 4.79 Å². The van der Waals surface area contributed by atoms with Gasteiger partial charge >= 0.3 is 5.97 Å². The molecular formula is C16H12Cl2N2O3. The summed E-state index contributed by atoms with van der Waals surface area (Å²) in [6, 6.07) is 12.3. The third kappa shape index (κ3) is 3.57. The fourth-order valence-electron chi connectivity index (χ4n) is 2.07. The number of hydrogen-bond donors (Lipinski definition) is 1. The first-order valence-electron chi connectivity index (χ1n) is 6.83. The number of benzene rings is 2. The second-order valence-electron chi connectivity index (χ2n) is 4.68. The molecule has 0 unspecified atom stereocenters. The third-order valence-corrected chi connectivity index (χ3v) is 3.66. The summed E-state index contributed by atoms with van der Waals surface area (Å²) in [6.07, 6.45) is 0. The van der Waals surface area contributed by atoms with Crippen molar-refractivity contribution in [1.29, 1.82) is 0 Å². The Morgan fingerprint density at radius 2 is 1.96 bits per heavy atom. The lowest BCUT2D eigenvalue weighted by molar-refractivity contribution is 0.0446. The normalized spacial score (nSPS) is 10.7. The van der Waals surface area contributed by atoms with Gasteiger partial charge in [0, 0.05) is 10.4 Å². The van der Waals surface area contributed by atoms with Crippen molar-refractivity contribution >= 4 is 40.1 Å². The lowest BCUT2D eigenvalue weighted by atomic mass is 10.2. The van der Waals surface area contributed by atoms with Gasteiger partial charge in [0.2, 0.25) is 0 Å². The molecular weight excluding hydrogens is 339 g/mol. The van der Waals surface area contributed by atoms with E-state index in [1.807, 2.05) is 18.2 Å². The Kier molecular flexibility index (Phi) is 4.69. The molecule has 3 aromatic rings. The minimum atomic E-state index is -0.506. The molecule has 1 N–H and O–H groups in total. The summed E-state index contributed by atoms with van der Waals surface area (Å²) < 4.78 is 10.6. The first-order chi connectivity index (χ1) is 11.1. The third-order valence-electron chi connectivity index (χ3n) is 3.13. The van der Waals surface area contributed by atoms with Crippen LogP contribution in [-0.4, -0.2) is 29.4 Å². The quantitative estimate of drug-likeness (QED) is 0.555. The Hall–Kier alpha value is -2.24. The van der Waals surface area contributed by atoms with Gasteiger partial charge in [-0.1, -0.05) is 41.4 Å². The van der Waals surface area contributed by atoms with Crippen LogP contribution in [0.2, 0.25) is 10.0 Å². The number of nitrogens with zero attached hydrogens (tertiary/aromatic N) is 1. The van der Waals surface area contributed by atoms with Gasteiger partial charge < -0.3 is 9.47 Å². The molecule has 5 nitrogen and oxygen atoms in total. The Morgan fingerprint density at radius 1 is 1.13 bits per heavy atom. The van der Waals surface area contributed by atoms with Crippen LogP contribution in [0, 0.1) is 0 Å². The lowest BCUT2D eigenvalue weighted by Crippen LogP contribution is -2.13. The molecule has 1 aromatic heterocycles. The van der Waals surface area contributed by atoms with E-state index in [-0.39, 0.29) is 18.9 Å². The van der Waals surface area contributed by atoms with Crippen molar-refractivity contribution in [3.05, 3.63) is 58.2 Å². The van der Waals surface area contributed by atoms with Crippen LogP contribution in [0.5, 0.6) is 5.75 Å². The monoisotopic (exact) mass is 350 g/mol. The van der Waals surface area contributed by atoms with Crippen molar-refractivity contribution in [3.63, 3.8) is 0 Å². The smallest absolute Gasteiger partial charge is 0.359 e. The van der Waals surface area contributed by atoms with Crippen molar-refractivity contribution < 1.29 is 14.3 Å². The molecule has 2 aromatic carbocycles. The highest BCUT2D eigenvalue weighted by Gasteiger charge is 2.15. The number of halogens is 2. The molecule has 0 aliphatic rings. The second kappa shape index (κ2) is 6.89. The highest BCUT2D eigenvalue weighted by molar-refractivity contribution is 6.35. The van der Waals surface area contributed by atoms with Gasteiger partial charge in [-0.15, -0.1) is 0 Å². The molecule has 7 heteroatoms. The predicted octanol–water partition coefficient (Wildman–Crippen LogP) is 4.11. The molecule has 118 valence electrons. The van der Waals surface area contributed by atoms with E-state index < -0.39 is 5.97 Å². The highest BCUT2D eigenvalue weighted by Crippen LogP contribution is 2.27. The Labute approximate surface area is 142 Å². The number of ether oxygens (including phenoxy) is 2. The zero-order chi connectivity index (χ0) is 16.2. The van der Waals surface area contributed by atoms with E-state index in [0.717, 1.165) is 10.9 Å². The maximum Gasteiger partial charge on any atom is 0.359 e. The van der Waals surface area contributed by atoms with E-state index in [0.29, 0.717) is 15.8 Å². The van der Waals surface area contributed by atoms with E-state index in [4.69, 9.17) is 32.7 Å². The molecule has 0 atom stereocenters. The molecule has 0 spiro atoms. The van der Waals surface area contributed by atoms with Crippen LogP contribution >= 0.6 is 23.2 Å². The average molecular weight is 351 g/mol. The number of carbonyl (C=O) groups is 1. The van der Waals surface area contributed by atoms with Crippen molar-refractivity contribution in [2.75, 3.05) is 13.2 Å². The molecule has 0 radical (unpaired) electrons. The predicted molar refractivity (Wildman–Crippen MR) is 88.3 cm³/mol. The van der Waals surface area contributed by atoms with Gasteiger partial charge in [-0.2, -0.15) is 5.10 Å². The number of aromatic nitrogens is 2. The van der Waals surface area contributed by atoms with Gasteiger partial charge in [0.05, 0.1) is 10.5 Å². The standard InChI is InChI=1S/C16H12Cl2N2O3/c17-10-5-6-14(12(18)9-10)22-7-8-23-16(21)15-11-3-1-2-4-13(11)19-20-15/h1-6,9H,7-8H2,(H,19,20). The summed E-state index contributed by atoms with van der Waals surface area (Å²) >= 11 is 11.8. The molecule has 0 saturated carbocycles. The number of rotatable bonds is 5. The molecule has 0 fully saturated rings. The van der Waals surface area contributed by atoms with Crippen molar-refractivity contribution in [2.24, 2.45) is 0 Å². The van der Waals surface area contributed by atoms with E-state index in [2.05, 4.69) is 10.2 Å². The first-order valence-corrected chi connectivity index (χ1v) is 7.59. The number of esters is 1. The number of nitrogens with one attached hydrogen (secondary N) is 1. The molecule has 0 aliphatic carbocycles. The van der Waals surface area contributed by atoms with Crippen LogP contribution in [0.3, 0.4) is 0 Å². The summed E-state index contributed by atoms with van der Waals surface area (Å²) in [6.45, 7) is 0.258. The largest absolute Gasteiger partial charge is 0.488 e. The van der Waals surface area contributed by atoms with Crippen LogP contribution in [0.25, 0.3) is 10.9 Å². The Balaban J connectivity index is 1.55. The molecule has 0 aliphatic heterocycles. The fourth-order valence-corrected chi connectivity index (χ4v) is 2.53. The van der Waals surface area contributed by atoms with Crippen molar-refractivity contribution in [1.82, 2.24) is 10.2 Å². The molecule has 3 rings (SSSR count).